The highest BCUT2D eigenvalue weighted by molar-refractivity contribution is 5.86. The Kier molecular flexibility index (Phi) is 5.74. The van der Waals surface area contributed by atoms with Gasteiger partial charge in [-0.1, -0.05) is 13.8 Å². The Hall–Kier alpha value is -1.89. The van der Waals surface area contributed by atoms with E-state index in [1.54, 1.807) is 6.20 Å². The van der Waals surface area contributed by atoms with Crippen molar-refractivity contribution in [3.05, 3.63) is 6.20 Å². The summed E-state index contributed by atoms with van der Waals surface area (Å²) < 4.78 is 5.59. The minimum Gasteiger partial charge on any atom is -0.380 e. The van der Waals surface area contributed by atoms with Crippen molar-refractivity contribution in [2.24, 2.45) is 5.92 Å². The monoisotopic (exact) mass is 292 g/mol. The van der Waals surface area contributed by atoms with Crippen LogP contribution in [0.4, 0.5) is 11.8 Å². The van der Waals surface area contributed by atoms with Gasteiger partial charge in [0, 0.05) is 19.7 Å². The summed E-state index contributed by atoms with van der Waals surface area (Å²) in [7, 11) is 0. The fraction of sp³-hybridized carbons (Fsp3) is 0.643. The molecule has 0 aliphatic heterocycles. The lowest BCUT2D eigenvalue weighted by Gasteiger charge is -2.10. The number of H-pyrrole nitrogens is 1. The van der Waals surface area contributed by atoms with Gasteiger partial charge in [0.05, 0.1) is 18.2 Å². The third-order valence-corrected chi connectivity index (χ3v) is 3.02. The van der Waals surface area contributed by atoms with Crippen LogP contribution in [0.1, 0.15) is 27.2 Å². The molecule has 0 aliphatic rings. The maximum Gasteiger partial charge on any atom is 0.226 e. The first-order chi connectivity index (χ1) is 10.2. The Morgan fingerprint density at radius 3 is 2.86 bits per heavy atom. The molecule has 0 atom stereocenters. The molecule has 116 valence electrons. The van der Waals surface area contributed by atoms with Crippen LogP contribution in [0.25, 0.3) is 11.0 Å². The number of fused-ring (bicyclic) bond motifs is 1. The van der Waals surface area contributed by atoms with Crippen molar-refractivity contribution < 1.29 is 4.74 Å². The lowest BCUT2D eigenvalue weighted by Crippen LogP contribution is -2.13. The third-order valence-electron chi connectivity index (χ3n) is 3.02. The molecule has 21 heavy (non-hydrogen) atoms. The van der Waals surface area contributed by atoms with E-state index in [-0.39, 0.29) is 0 Å². The number of hydrogen-bond acceptors (Lipinski definition) is 6. The number of hydrogen-bond donors (Lipinski definition) is 3. The maximum atomic E-state index is 5.59. The van der Waals surface area contributed by atoms with Crippen LogP contribution in [-0.4, -0.2) is 46.5 Å². The topological polar surface area (TPSA) is 87.8 Å². The van der Waals surface area contributed by atoms with Crippen LogP contribution in [0.5, 0.6) is 0 Å². The zero-order chi connectivity index (χ0) is 15.1. The molecule has 2 rings (SSSR count). The number of nitrogens with one attached hydrogen (secondary N) is 3. The predicted octanol–water partition coefficient (Wildman–Crippen LogP) is 2.26. The molecule has 2 heterocycles. The number of aromatic nitrogens is 4. The Balaban J connectivity index is 1.89. The van der Waals surface area contributed by atoms with Gasteiger partial charge in [-0.25, -0.2) is 0 Å². The van der Waals surface area contributed by atoms with Crippen molar-refractivity contribution in [2.75, 3.05) is 36.9 Å². The molecule has 2 aromatic heterocycles. The summed E-state index contributed by atoms with van der Waals surface area (Å²) in [6.07, 6.45) is 2.82. The number of anilines is 2. The molecular formula is C14H24N6O. The molecule has 0 amide bonds. The van der Waals surface area contributed by atoms with Gasteiger partial charge in [-0.2, -0.15) is 15.1 Å². The van der Waals surface area contributed by atoms with Crippen molar-refractivity contribution in [1.82, 2.24) is 20.2 Å². The minimum atomic E-state index is 0.595. The molecule has 0 aliphatic carbocycles. The van der Waals surface area contributed by atoms with E-state index in [2.05, 4.69) is 44.6 Å². The second kappa shape index (κ2) is 7.78. The number of aromatic amines is 1. The van der Waals surface area contributed by atoms with E-state index in [1.807, 2.05) is 6.92 Å². The molecule has 0 unspecified atom stereocenters. The fourth-order valence-corrected chi connectivity index (χ4v) is 1.87. The Labute approximate surface area is 124 Å². The Morgan fingerprint density at radius 1 is 1.24 bits per heavy atom. The van der Waals surface area contributed by atoms with E-state index in [9.17, 15) is 0 Å². The fourth-order valence-electron chi connectivity index (χ4n) is 1.87. The molecule has 3 N–H and O–H groups in total. The first-order valence-electron chi connectivity index (χ1n) is 7.47. The molecule has 7 nitrogen and oxygen atoms in total. The molecule has 0 spiro atoms. The highest BCUT2D eigenvalue weighted by Crippen LogP contribution is 2.19. The van der Waals surface area contributed by atoms with Crippen LogP contribution in [-0.2, 0) is 4.74 Å². The van der Waals surface area contributed by atoms with Crippen LogP contribution >= 0.6 is 0 Å². The van der Waals surface area contributed by atoms with Crippen LogP contribution in [0.2, 0.25) is 0 Å². The molecule has 0 aromatic carbocycles. The summed E-state index contributed by atoms with van der Waals surface area (Å²) >= 11 is 0. The van der Waals surface area contributed by atoms with Gasteiger partial charge in [0.1, 0.15) is 5.82 Å². The van der Waals surface area contributed by atoms with Gasteiger partial charge in [-0.15, -0.1) is 0 Å². The second-order valence-corrected chi connectivity index (χ2v) is 5.28. The lowest BCUT2D eigenvalue weighted by molar-refractivity contribution is 0.132. The van der Waals surface area contributed by atoms with Crippen LogP contribution in [0.3, 0.4) is 0 Å². The van der Waals surface area contributed by atoms with E-state index in [4.69, 9.17) is 4.74 Å². The number of ether oxygens (including phenoxy) is 1. The third kappa shape index (κ3) is 4.56. The molecular weight excluding hydrogens is 268 g/mol. The van der Waals surface area contributed by atoms with Gasteiger partial charge in [0.25, 0.3) is 0 Å². The van der Waals surface area contributed by atoms with Crippen molar-refractivity contribution in [3.63, 3.8) is 0 Å². The summed E-state index contributed by atoms with van der Waals surface area (Å²) in [5.41, 5.74) is 0.726. The highest BCUT2D eigenvalue weighted by Gasteiger charge is 2.08. The average molecular weight is 292 g/mol. The second-order valence-electron chi connectivity index (χ2n) is 5.28. The van der Waals surface area contributed by atoms with Gasteiger partial charge in [-0.05, 0) is 19.3 Å². The van der Waals surface area contributed by atoms with Crippen molar-refractivity contribution >= 4 is 22.8 Å². The van der Waals surface area contributed by atoms with Gasteiger partial charge < -0.3 is 15.4 Å². The minimum absolute atomic E-state index is 0.595. The van der Waals surface area contributed by atoms with E-state index < -0.39 is 0 Å². The van der Waals surface area contributed by atoms with E-state index in [0.717, 1.165) is 36.4 Å². The van der Waals surface area contributed by atoms with E-state index >= 15 is 0 Å². The van der Waals surface area contributed by atoms with Crippen LogP contribution in [0.15, 0.2) is 6.20 Å². The van der Waals surface area contributed by atoms with Gasteiger partial charge in [0.2, 0.25) is 5.95 Å². The molecule has 0 bridgehead atoms. The van der Waals surface area contributed by atoms with Gasteiger partial charge in [-0.3, -0.25) is 5.10 Å². The smallest absolute Gasteiger partial charge is 0.226 e. The van der Waals surface area contributed by atoms with Gasteiger partial charge in [0.15, 0.2) is 5.65 Å². The Morgan fingerprint density at radius 2 is 2.10 bits per heavy atom. The van der Waals surface area contributed by atoms with Crippen molar-refractivity contribution in [3.8, 4) is 0 Å². The van der Waals surface area contributed by atoms with Gasteiger partial charge >= 0.3 is 0 Å². The summed E-state index contributed by atoms with van der Waals surface area (Å²) in [6.45, 7) is 9.34. The lowest BCUT2D eigenvalue weighted by atomic mass is 10.1. The standard InChI is InChI=1S/C14H24N6O/c1-4-15-14-18-12(11-9-17-20-13(11)19-14)16-6-8-21-7-5-10(2)3/h9-10H,4-8H2,1-3H3,(H3,15,16,17,18,19,20). The zero-order valence-electron chi connectivity index (χ0n) is 12.9. The molecule has 7 heteroatoms. The number of rotatable bonds is 9. The Bertz CT molecular complexity index is 553. The summed E-state index contributed by atoms with van der Waals surface area (Å²) in [6, 6.07) is 0. The molecule has 0 radical (unpaired) electrons. The first kappa shape index (κ1) is 15.5. The normalized spacial score (nSPS) is 11.2. The van der Waals surface area contributed by atoms with E-state index in [0.29, 0.717) is 25.0 Å². The number of nitrogens with zero attached hydrogens (tertiary/aromatic N) is 3. The SMILES string of the molecule is CCNc1nc(NCCOCCC(C)C)c2cn[nH]c2n1. The average Bonchev–Trinajstić information content (AvgIpc) is 2.91. The van der Waals surface area contributed by atoms with E-state index in [1.165, 1.54) is 0 Å². The van der Waals surface area contributed by atoms with Crippen LogP contribution in [0, 0.1) is 5.92 Å². The maximum absolute atomic E-state index is 5.59. The molecule has 0 fully saturated rings. The summed E-state index contributed by atoms with van der Waals surface area (Å²) in [5.74, 6) is 2.04. The summed E-state index contributed by atoms with van der Waals surface area (Å²) in [4.78, 5) is 8.81. The van der Waals surface area contributed by atoms with Crippen molar-refractivity contribution in [2.45, 2.75) is 27.2 Å². The quantitative estimate of drug-likeness (QED) is 0.614. The molecule has 0 saturated heterocycles. The molecule has 2 aromatic rings. The summed E-state index contributed by atoms with van der Waals surface area (Å²) in [5, 5.41) is 14.2. The molecule has 0 saturated carbocycles. The first-order valence-corrected chi connectivity index (χ1v) is 7.47. The highest BCUT2D eigenvalue weighted by atomic mass is 16.5. The zero-order valence-corrected chi connectivity index (χ0v) is 12.9. The van der Waals surface area contributed by atoms with Crippen molar-refractivity contribution in [1.29, 1.82) is 0 Å². The van der Waals surface area contributed by atoms with Crippen LogP contribution < -0.4 is 10.6 Å². The largest absolute Gasteiger partial charge is 0.380 e. The predicted molar refractivity (Wildman–Crippen MR) is 84.6 cm³/mol.